The highest BCUT2D eigenvalue weighted by Gasteiger charge is 2.43. The molecule has 3 N–H and O–H groups in total. The van der Waals surface area contributed by atoms with Crippen LogP contribution >= 0.6 is 0 Å². The molecule has 3 aromatic rings. The van der Waals surface area contributed by atoms with Crippen LogP contribution in [0.1, 0.15) is 60.0 Å². The second kappa shape index (κ2) is 14.3. The van der Waals surface area contributed by atoms with Crippen LogP contribution in [0.15, 0.2) is 78.0 Å². The number of amides is 1. The van der Waals surface area contributed by atoms with Crippen molar-refractivity contribution < 1.29 is 55.3 Å². The number of ether oxygens (including phenoxy) is 1. The zero-order chi connectivity index (χ0) is 37.5. The monoisotopic (exact) mass is 733 g/mol. The van der Waals surface area contributed by atoms with Gasteiger partial charge in [0.1, 0.15) is 29.6 Å². The van der Waals surface area contributed by atoms with Crippen LogP contribution in [0.3, 0.4) is 0 Å². The molecule has 0 saturated carbocycles. The molecule has 0 radical (unpaired) electrons. The summed E-state index contributed by atoms with van der Waals surface area (Å²) in [6.07, 6.45) is -10.4. The van der Waals surface area contributed by atoms with Gasteiger partial charge in [0.05, 0.1) is 23.6 Å². The summed E-state index contributed by atoms with van der Waals surface area (Å²) in [7, 11) is 0. The van der Waals surface area contributed by atoms with E-state index in [1.807, 2.05) is 0 Å². The van der Waals surface area contributed by atoms with Crippen LogP contribution in [0, 0.1) is 12.7 Å². The summed E-state index contributed by atoms with van der Waals surface area (Å²) in [5, 5.41) is 23.3. The maximum Gasteiger partial charge on any atom is 0.419 e. The van der Waals surface area contributed by atoms with Crippen molar-refractivity contribution in [2.24, 2.45) is 0 Å². The lowest BCUT2D eigenvalue weighted by molar-refractivity contribution is -0.140. The van der Waals surface area contributed by atoms with Gasteiger partial charge < -0.3 is 30.1 Å². The normalized spacial score (nSPS) is 20.9. The van der Waals surface area contributed by atoms with Crippen LogP contribution in [0.4, 0.5) is 30.7 Å². The van der Waals surface area contributed by atoms with Gasteiger partial charge in [-0.3, -0.25) is 9.59 Å². The Morgan fingerprint density at radius 2 is 1.75 bits per heavy atom. The summed E-state index contributed by atoms with van der Waals surface area (Å²) in [5.74, 6) is -4.40. The zero-order valence-corrected chi connectivity index (χ0v) is 27.7. The number of hydrogen-bond acceptors (Lipinski definition) is 6. The summed E-state index contributed by atoms with van der Waals surface area (Å²) < 4.78 is 108. The number of fused-ring (bicyclic) bond motifs is 6. The van der Waals surface area contributed by atoms with Crippen molar-refractivity contribution in [1.82, 2.24) is 15.1 Å². The number of aliphatic hydroxyl groups excluding tert-OH is 1. The predicted octanol–water partition coefficient (Wildman–Crippen LogP) is 7.79. The maximum absolute atomic E-state index is 15.9. The number of rotatable bonds is 7. The average molecular weight is 734 g/mol. The van der Waals surface area contributed by atoms with E-state index in [0.29, 0.717) is 30.7 Å². The number of aryl methyl sites for hydroxylation is 1. The Kier molecular flexibility index (Phi) is 10.1. The number of carboxylic acid groups (broad SMARTS) is 1. The summed E-state index contributed by atoms with van der Waals surface area (Å²) in [5.41, 5.74) is -3.35. The molecule has 52 heavy (non-hydrogen) atoms. The molecule has 1 saturated heterocycles. The Labute approximate surface area is 293 Å². The van der Waals surface area contributed by atoms with Crippen LogP contribution in [-0.4, -0.2) is 63.9 Å². The molecule has 276 valence electrons. The molecular formula is C37H34F7N3O5. The van der Waals surface area contributed by atoms with Crippen LogP contribution < -0.4 is 10.1 Å². The third-order valence-corrected chi connectivity index (χ3v) is 9.39. The highest BCUT2D eigenvalue weighted by Crippen LogP contribution is 2.44. The van der Waals surface area contributed by atoms with E-state index in [9.17, 15) is 46.1 Å². The number of aliphatic carboxylic acids is 1. The smallest absolute Gasteiger partial charge is 0.419 e. The van der Waals surface area contributed by atoms with Crippen molar-refractivity contribution in [2.75, 3.05) is 19.6 Å². The first-order valence-corrected chi connectivity index (χ1v) is 16.5. The van der Waals surface area contributed by atoms with Crippen LogP contribution in [0.2, 0.25) is 0 Å². The van der Waals surface area contributed by atoms with Gasteiger partial charge in [-0.25, -0.2) is 4.39 Å². The van der Waals surface area contributed by atoms with Crippen molar-refractivity contribution >= 4 is 11.9 Å². The Morgan fingerprint density at radius 3 is 2.40 bits per heavy atom. The molecule has 3 aromatic carbocycles. The van der Waals surface area contributed by atoms with E-state index in [0.717, 1.165) is 36.7 Å². The Morgan fingerprint density at radius 1 is 1.02 bits per heavy atom. The summed E-state index contributed by atoms with van der Waals surface area (Å²) in [4.78, 5) is 29.4. The van der Waals surface area contributed by atoms with E-state index >= 15 is 4.39 Å². The molecule has 6 rings (SSSR count). The first kappa shape index (κ1) is 36.9. The summed E-state index contributed by atoms with van der Waals surface area (Å²) >= 11 is 0. The Bertz CT molecular complexity index is 1940. The molecule has 3 atom stereocenters. The van der Waals surface area contributed by atoms with Crippen LogP contribution in [0.25, 0.3) is 11.1 Å². The van der Waals surface area contributed by atoms with Crippen LogP contribution in [0.5, 0.6) is 11.5 Å². The number of benzene rings is 3. The molecule has 1 amide bonds. The van der Waals surface area contributed by atoms with E-state index in [4.69, 9.17) is 4.74 Å². The van der Waals surface area contributed by atoms with E-state index in [1.165, 1.54) is 30.3 Å². The molecular weight excluding hydrogens is 699 g/mol. The van der Waals surface area contributed by atoms with Gasteiger partial charge in [-0.2, -0.15) is 26.3 Å². The van der Waals surface area contributed by atoms with E-state index in [2.05, 4.69) is 10.2 Å². The standard InChI is InChI=1S/C37H34F7N3O5/c1-20-6-2-10-29-32(20)23-15-25(33(38)27(16-23)37(42,43)44)28(18-31(49)50)45-35(51)34(21-7-3-9-24(14-21)52-29)47-19-22(8-4-11-46-12-5-13-46)26(17-30(47)48)36(39,40)41/h2-3,6-7,9-10,14-17,19,28,30,34,48H,4-5,8,11-13,18H2,1H3,(H,45,51)(H,49,50)/t28-,30?,34-/m0/s1. The van der Waals surface area contributed by atoms with E-state index < -0.39 is 71.5 Å². The quantitative estimate of drug-likeness (QED) is 0.213. The molecule has 4 bridgehead atoms. The van der Waals surface area contributed by atoms with Crippen molar-refractivity contribution in [3.63, 3.8) is 0 Å². The molecule has 3 aliphatic heterocycles. The Hall–Kier alpha value is -4.89. The van der Waals surface area contributed by atoms with Gasteiger partial charge in [0, 0.05) is 17.3 Å². The number of alkyl halides is 6. The van der Waals surface area contributed by atoms with Gasteiger partial charge >= 0.3 is 18.3 Å². The molecule has 3 aliphatic rings. The fraction of sp³-hybridized carbons (Fsp3) is 0.351. The average Bonchev–Trinajstić information content (AvgIpc) is 3.02. The van der Waals surface area contributed by atoms with Gasteiger partial charge in [-0.05, 0) is 104 Å². The first-order valence-electron chi connectivity index (χ1n) is 16.5. The Balaban J connectivity index is 1.53. The molecule has 1 unspecified atom stereocenters. The topological polar surface area (TPSA) is 102 Å². The fourth-order valence-electron chi connectivity index (χ4n) is 6.81. The molecule has 3 heterocycles. The highest BCUT2D eigenvalue weighted by atomic mass is 19.4. The number of halogens is 7. The maximum atomic E-state index is 15.9. The number of hydrogen-bond donors (Lipinski definition) is 3. The minimum Gasteiger partial charge on any atom is -0.481 e. The number of carboxylic acids is 1. The lowest BCUT2D eigenvalue weighted by Gasteiger charge is -2.38. The molecule has 0 aromatic heterocycles. The minimum absolute atomic E-state index is 0.0489. The zero-order valence-electron chi connectivity index (χ0n) is 27.7. The summed E-state index contributed by atoms with van der Waals surface area (Å²) in [6.45, 7) is 3.76. The van der Waals surface area contributed by atoms with Crippen LogP contribution in [-0.2, 0) is 15.8 Å². The summed E-state index contributed by atoms with van der Waals surface area (Å²) in [6, 6.07) is 8.40. The lowest BCUT2D eigenvalue weighted by Crippen LogP contribution is -2.45. The van der Waals surface area contributed by atoms with Crippen molar-refractivity contribution in [1.29, 1.82) is 0 Å². The molecule has 0 spiro atoms. The first-order chi connectivity index (χ1) is 24.5. The van der Waals surface area contributed by atoms with Gasteiger partial charge in [-0.15, -0.1) is 0 Å². The number of nitrogens with zero attached hydrogens (tertiary/aromatic N) is 2. The fourth-order valence-corrected chi connectivity index (χ4v) is 6.81. The third-order valence-electron chi connectivity index (χ3n) is 9.39. The van der Waals surface area contributed by atoms with Gasteiger partial charge in [-0.1, -0.05) is 24.3 Å². The molecule has 1 fully saturated rings. The minimum atomic E-state index is -5.24. The van der Waals surface area contributed by atoms with E-state index in [1.54, 1.807) is 19.1 Å². The molecule has 15 heteroatoms. The van der Waals surface area contributed by atoms with Crippen molar-refractivity contribution in [3.8, 4) is 22.6 Å². The highest BCUT2D eigenvalue weighted by molar-refractivity contribution is 5.85. The second-order valence-electron chi connectivity index (χ2n) is 13.0. The van der Waals surface area contributed by atoms with Gasteiger partial charge in [0.15, 0.2) is 0 Å². The predicted molar refractivity (Wildman–Crippen MR) is 174 cm³/mol. The number of likely N-dealkylation sites (tertiary alicyclic amines) is 1. The molecule has 0 aliphatic carbocycles. The van der Waals surface area contributed by atoms with Gasteiger partial charge in [0.2, 0.25) is 5.91 Å². The number of carbonyl (C=O) groups excluding carboxylic acids is 1. The van der Waals surface area contributed by atoms with Crippen molar-refractivity contribution in [3.05, 3.63) is 106 Å². The van der Waals surface area contributed by atoms with Crippen molar-refractivity contribution in [2.45, 2.75) is 63.3 Å². The number of carbonyl (C=O) groups is 2. The lowest BCUT2D eigenvalue weighted by atomic mass is 9.91. The number of nitrogens with one attached hydrogen (secondary N) is 1. The third kappa shape index (κ3) is 7.65. The number of aliphatic hydroxyl groups is 1. The van der Waals surface area contributed by atoms with Gasteiger partial charge in [0.25, 0.3) is 0 Å². The SMILES string of the molecule is Cc1cccc2c1-c1cc(c(F)c(C(F)(F)F)c1)[C@H](CC(=O)O)NC(=O)[C@@H](N1C=C(CCCN3CCC3)C(C(F)(F)F)=CC1O)c1cccc(c1)O2. The second-order valence-corrected chi connectivity index (χ2v) is 13.0. The molecule has 8 nitrogen and oxygen atoms in total. The number of allylic oxidation sites excluding steroid dienone is 2. The van der Waals surface area contributed by atoms with E-state index in [-0.39, 0.29) is 40.2 Å². The largest absolute Gasteiger partial charge is 0.481 e.